The molecule has 0 saturated carbocycles. The summed E-state index contributed by atoms with van der Waals surface area (Å²) < 4.78 is 53.3. The molecular formula is C17H18F2N2O3S. The molecule has 2 N–H and O–H groups in total. The SMILES string of the molecule is CC(C)CC(=O)Nc1ccc(NS(=O)(=O)c2cc(F)ccc2F)cc1. The summed E-state index contributed by atoms with van der Waals surface area (Å²) in [5.74, 6) is -1.84. The van der Waals surface area contributed by atoms with Crippen LogP contribution in [0, 0.1) is 17.6 Å². The van der Waals surface area contributed by atoms with Gasteiger partial charge in [-0.3, -0.25) is 9.52 Å². The predicted molar refractivity (Wildman–Crippen MR) is 91.7 cm³/mol. The molecule has 0 aliphatic carbocycles. The van der Waals surface area contributed by atoms with Crippen LogP contribution in [0.5, 0.6) is 0 Å². The number of carbonyl (C=O) groups is 1. The molecule has 0 heterocycles. The summed E-state index contributed by atoms with van der Waals surface area (Å²) in [5, 5.41) is 2.69. The zero-order valence-electron chi connectivity index (χ0n) is 13.7. The van der Waals surface area contributed by atoms with Crippen molar-refractivity contribution in [1.29, 1.82) is 0 Å². The molecule has 0 spiro atoms. The molecule has 0 bridgehead atoms. The van der Waals surface area contributed by atoms with Gasteiger partial charge in [0.15, 0.2) is 0 Å². The molecule has 0 radical (unpaired) electrons. The van der Waals surface area contributed by atoms with Gasteiger partial charge in [0.2, 0.25) is 5.91 Å². The van der Waals surface area contributed by atoms with Gasteiger partial charge in [-0.1, -0.05) is 13.8 Å². The number of hydrogen-bond donors (Lipinski definition) is 2. The van der Waals surface area contributed by atoms with E-state index in [1.807, 2.05) is 13.8 Å². The highest BCUT2D eigenvalue weighted by molar-refractivity contribution is 7.92. The van der Waals surface area contributed by atoms with E-state index in [-0.39, 0.29) is 17.5 Å². The standard InChI is InChI=1S/C17H18F2N2O3S/c1-11(2)9-17(22)20-13-4-6-14(7-5-13)21-25(23,24)16-10-12(18)3-8-15(16)19/h3-8,10-11,21H,9H2,1-2H3,(H,20,22). The van der Waals surface area contributed by atoms with Crippen molar-refractivity contribution in [3.63, 3.8) is 0 Å². The van der Waals surface area contributed by atoms with E-state index in [1.165, 1.54) is 24.3 Å². The van der Waals surface area contributed by atoms with Gasteiger partial charge < -0.3 is 5.32 Å². The van der Waals surface area contributed by atoms with Crippen molar-refractivity contribution in [3.8, 4) is 0 Å². The molecule has 0 aliphatic rings. The number of amides is 1. The van der Waals surface area contributed by atoms with Crippen molar-refractivity contribution in [2.24, 2.45) is 5.92 Å². The van der Waals surface area contributed by atoms with Crippen molar-refractivity contribution < 1.29 is 22.0 Å². The fraction of sp³-hybridized carbons (Fsp3) is 0.235. The van der Waals surface area contributed by atoms with Crippen LogP contribution in [0.15, 0.2) is 47.4 Å². The lowest BCUT2D eigenvalue weighted by Crippen LogP contribution is -2.15. The van der Waals surface area contributed by atoms with E-state index in [0.29, 0.717) is 18.2 Å². The highest BCUT2D eigenvalue weighted by atomic mass is 32.2. The maximum Gasteiger partial charge on any atom is 0.264 e. The third kappa shape index (κ3) is 5.25. The Kier molecular flexibility index (Phi) is 5.73. The van der Waals surface area contributed by atoms with E-state index in [4.69, 9.17) is 0 Å². The summed E-state index contributed by atoms with van der Waals surface area (Å²) >= 11 is 0. The van der Waals surface area contributed by atoms with Gasteiger partial charge in [0.05, 0.1) is 0 Å². The summed E-state index contributed by atoms with van der Waals surface area (Å²) in [6, 6.07) is 8.05. The third-order valence-corrected chi connectivity index (χ3v) is 4.59. The van der Waals surface area contributed by atoms with Crippen molar-refractivity contribution in [1.82, 2.24) is 0 Å². The van der Waals surface area contributed by atoms with Crippen LogP contribution in [0.4, 0.5) is 20.2 Å². The summed E-state index contributed by atoms with van der Waals surface area (Å²) in [4.78, 5) is 10.9. The van der Waals surface area contributed by atoms with Crippen LogP contribution in [0.2, 0.25) is 0 Å². The highest BCUT2D eigenvalue weighted by Crippen LogP contribution is 2.21. The second-order valence-electron chi connectivity index (χ2n) is 5.90. The van der Waals surface area contributed by atoms with E-state index in [9.17, 15) is 22.0 Å². The van der Waals surface area contributed by atoms with Gasteiger partial charge in [-0.05, 0) is 48.4 Å². The summed E-state index contributed by atoms with van der Waals surface area (Å²) in [6.45, 7) is 3.84. The normalized spacial score (nSPS) is 11.4. The Hall–Kier alpha value is -2.48. The summed E-state index contributed by atoms with van der Waals surface area (Å²) in [7, 11) is -4.27. The Balaban J connectivity index is 2.12. The Labute approximate surface area is 145 Å². The first-order chi connectivity index (χ1) is 11.7. The first-order valence-corrected chi connectivity index (χ1v) is 9.03. The molecule has 0 aliphatic heterocycles. The Bertz CT molecular complexity index is 866. The quantitative estimate of drug-likeness (QED) is 0.815. The van der Waals surface area contributed by atoms with E-state index in [2.05, 4.69) is 10.0 Å². The van der Waals surface area contributed by atoms with Gasteiger partial charge in [0.1, 0.15) is 16.5 Å². The van der Waals surface area contributed by atoms with Crippen LogP contribution in [0.1, 0.15) is 20.3 Å². The fourth-order valence-corrected chi connectivity index (χ4v) is 3.25. The zero-order chi connectivity index (χ0) is 18.6. The van der Waals surface area contributed by atoms with Crippen molar-refractivity contribution >= 4 is 27.3 Å². The second kappa shape index (κ2) is 7.60. The van der Waals surface area contributed by atoms with Gasteiger partial charge in [-0.25, -0.2) is 17.2 Å². The van der Waals surface area contributed by atoms with Crippen molar-refractivity contribution in [2.45, 2.75) is 25.2 Å². The van der Waals surface area contributed by atoms with E-state index in [0.717, 1.165) is 12.1 Å². The van der Waals surface area contributed by atoms with Crippen molar-refractivity contribution in [2.75, 3.05) is 10.0 Å². The molecule has 0 aromatic heterocycles. The number of benzene rings is 2. The minimum atomic E-state index is -4.27. The number of sulfonamides is 1. The van der Waals surface area contributed by atoms with Crippen LogP contribution in [-0.2, 0) is 14.8 Å². The summed E-state index contributed by atoms with van der Waals surface area (Å²) in [6.07, 6.45) is 0.368. The third-order valence-electron chi connectivity index (χ3n) is 3.20. The minimum absolute atomic E-state index is 0.148. The number of rotatable bonds is 6. The second-order valence-corrected chi connectivity index (χ2v) is 7.55. The van der Waals surface area contributed by atoms with E-state index < -0.39 is 26.6 Å². The first kappa shape index (κ1) is 18.9. The molecule has 0 unspecified atom stereocenters. The Morgan fingerprint density at radius 1 is 1.04 bits per heavy atom. The molecule has 0 atom stereocenters. The molecule has 0 fully saturated rings. The molecule has 1 amide bonds. The average Bonchev–Trinajstić information content (AvgIpc) is 2.50. The minimum Gasteiger partial charge on any atom is -0.326 e. The predicted octanol–water partition coefficient (Wildman–Crippen LogP) is 3.75. The lowest BCUT2D eigenvalue weighted by atomic mass is 10.1. The molecule has 25 heavy (non-hydrogen) atoms. The highest BCUT2D eigenvalue weighted by Gasteiger charge is 2.20. The average molecular weight is 368 g/mol. The lowest BCUT2D eigenvalue weighted by Gasteiger charge is -2.11. The van der Waals surface area contributed by atoms with E-state index >= 15 is 0 Å². The van der Waals surface area contributed by atoms with E-state index in [1.54, 1.807) is 0 Å². The van der Waals surface area contributed by atoms with Gasteiger partial charge in [-0.15, -0.1) is 0 Å². The van der Waals surface area contributed by atoms with Crippen LogP contribution in [0.3, 0.4) is 0 Å². The largest absolute Gasteiger partial charge is 0.326 e. The topological polar surface area (TPSA) is 75.3 Å². The first-order valence-electron chi connectivity index (χ1n) is 7.55. The number of carbonyl (C=O) groups excluding carboxylic acids is 1. The van der Waals surface area contributed by atoms with Crippen LogP contribution in [-0.4, -0.2) is 14.3 Å². The number of nitrogens with one attached hydrogen (secondary N) is 2. The molecule has 0 saturated heterocycles. The smallest absolute Gasteiger partial charge is 0.264 e. The zero-order valence-corrected chi connectivity index (χ0v) is 14.5. The number of halogens is 2. The molecule has 2 aromatic rings. The number of anilines is 2. The molecule has 134 valence electrons. The van der Waals surface area contributed by atoms with Crippen molar-refractivity contribution in [3.05, 3.63) is 54.1 Å². The fourth-order valence-electron chi connectivity index (χ4n) is 2.10. The van der Waals surface area contributed by atoms with Gasteiger partial charge in [0.25, 0.3) is 10.0 Å². The molecule has 2 aromatic carbocycles. The summed E-state index contributed by atoms with van der Waals surface area (Å²) in [5.41, 5.74) is 0.663. The molecule has 8 heteroatoms. The van der Waals surface area contributed by atoms with Crippen LogP contribution < -0.4 is 10.0 Å². The van der Waals surface area contributed by atoms with Crippen LogP contribution >= 0.6 is 0 Å². The monoisotopic (exact) mass is 368 g/mol. The number of hydrogen-bond acceptors (Lipinski definition) is 3. The molecule has 2 rings (SSSR count). The lowest BCUT2D eigenvalue weighted by molar-refractivity contribution is -0.116. The van der Waals surface area contributed by atoms with Crippen LogP contribution in [0.25, 0.3) is 0 Å². The Morgan fingerprint density at radius 3 is 2.24 bits per heavy atom. The maximum absolute atomic E-state index is 13.6. The van der Waals surface area contributed by atoms with Gasteiger partial charge in [0, 0.05) is 17.8 Å². The molecular weight excluding hydrogens is 350 g/mol. The van der Waals surface area contributed by atoms with Gasteiger partial charge in [-0.2, -0.15) is 0 Å². The van der Waals surface area contributed by atoms with Gasteiger partial charge >= 0.3 is 0 Å². The maximum atomic E-state index is 13.6. The Morgan fingerprint density at radius 2 is 1.64 bits per heavy atom. The molecule has 5 nitrogen and oxygen atoms in total.